The second-order valence-electron chi connectivity index (χ2n) is 5.93. The number of carbonyl (C=O) groups excluding carboxylic acids is 1. The van der Waals surface area contributed by atoms with Crippen molar-refractivity contribution in [3.63, 3.8) is 0 Å². The van der Waals surface area contributed by atoms with Crippen LogP contribution in [0.4, 0.5) is 11.5 Å². The van der Waals surface area contributed by atoms with Crippen molar-refractivity contribution in [2.45, 2.75) is 39.2 Å². The van der Waals surface area contributed by atoms with Crippen molar-refractivity contribution >= 4 is 41.0 Å². The number of halogens is 2. The van der Waals surface area contributed by atoms with E-state index in [0.717, 1.165) is 42.7 Å². The van der Waals surface area contributed by atoms with Crippen molar-refractivity contribution in [2.24, 2.45) is 0 Å². The second kappa shape index (κ2) is 7.58. The maximum atomic E-state index is 10.8. The summed E-state index contributed by atoms with van der Waals surface area (Å²) in [6.45, 7) is 4.55. The monoisotopic (exact) mass is 378 g/mol. The summed E-state index contributed by atoms with van der Waals surface area (Å²) >= 11 is 12.4. The average molecular weight is 379 g/mol. The molecule has 1 aliphatic rings. The SMILES string of the molecule is CCC(C[11CH]=O)Oc1nc(C)nc2c1CCN2c1ccc(Cl)cc1Cl. The lowest BCUT2D eigenvalue weighted by Crippen LogP contribution is -2.18. The number of ether oxygens (including phenoxy) is 1. The van der Waals surface area contributed by atoms with Gasteiger partial charge in [-0.05, 0) is 38.0 Å². The summed E-state index contributed by atoms with van der Waals surface area (Å²) in [4.78, 5) is 21.9. The molecule has 1 aromatic heterocycles. The molecule has 1 aromatic carbocycles. The molecule has 5 nitrogen and oxygen atoms in total. The van der Waals surface area contributed by atoms with E-state index in [4.69, 9.17) is 27.9 Å². The number of rotatable bonds is 6. The van der Waals surface area contributed by atoms with Crippen molar-refractivity contribution < 1.29 is 9.53 Å². The molecule has 2 aromatic rings. The largest absolute Gasteiger partial charge is 0.474 e. The Kier molecular flexibility index (Phi) is 5.45. The number of aldehydes is 1. The van der Waals surface area contributed by atoms with Crippen LogP contribution >= 0.6 is 23.2 Å². The van der Waals surface area contributed by atoms with E-state index in [-0.39, 0.29) is 6.10 Å². The molecule has 0 saturated heterocycles. The van der Waals surface area contributed by atoms with Crippen LogP contribution in [0.3, 0.4) is 0 Å². The summed E-state index contributed by atoms with van der Waals surface area (Å²) in [5.74, 6) is 1.98. The quantitative estimate of drug-likeness (QED) is 0.690. The predicted octanol–water partition coefficient (Wildman–Crippen LogP) is 4.53. The topological polar surface area (TPSA) is 55.3 Å². The summed E-state index contributed by atoms with van der Waals surface area (Å²) in [5, 5.41) is 1.17. The Morgan fingerprint density at radius 2 is 2.16 bits per heavy atom. The third-order valence-electron chi connectivity index (χ3n) is 4.19. The molecule has 0 fully saturated rings. The molecule has 1 unspecified atom stereocenters. The Hall–Kier alpha value is -1.85. The second-order valence-corrected chi connectivity index (χ2v) is 6.77. The molecule has 1 atom stereocenters. The maximum Gasteiger partial charge on any atom is 0.222 e. The Labute approximate surface area is 156 Å². The van der Waals surface area contributed by atoms with Gasteiger partial charge in [0, 0.05) is 18.0 Å². The molecule has 0 N–H and O–H groups in total. The molecule has 0 aliphatic carbocycles. The Morgan fingerprint density at radius 3 is 2.84 bits per heavy atom. The van der Waals surface area contributed by atoms with E-state index in [2.05, 4.69) is 14.9 Å². The van der Waals surface area contributed by atoms with Gasteiger partial charge in [-0.3, -0.25) is 0 Å². The van der Waals surface area contributed by atoms with Gasteiger partial charge in [-0.2, -0.15) is 4.98 Å². The molecule has 3 rings (SSSR count). The van der Waals surface area contributed by atoms with Gasteiger partial charge in [0.15, 0.2) is 0 Å². The van der Waals surface area contributed by atoms with E-state index in [1.54, 1.807) is 6.07 Å². The van der Waals surface area contributed by atoms with E-state index < -0.39 is 0 Å². The molecule has 132 valence electrons. The predicted molar refractivity (Wildman–Crippen MR) is 99.3 cm³/mol. The van der Waals surface area contributed by atoms with Gasteiger partial charge < -0.3 is 14.4 Å². The third kappa shape index (κ3) is 3.72. The van der Waals surface area contributed by atoms with Crippen LogP contribution in [0.25, 0.3) is 0 Å². The standard InChI is InChI=1S/C18H19Cl2N3O2/c1-3-13(7-9-24)25-18-14-6-8-23(17(14)21-11(2)22-18)16-5-4-12(19)10-15(16)20/h4-5,9-10,13H,3,6-8H2,1-2H3/i9-1. The van der Waals surface area contributed by atoms with Crippen LogP contribution in [0.15, 0.2) is 18.2 Å². The molecular weight excluding hydrogens is 360 g/mol. The molecule has 7 heteroatoms. The van der Waals surface area contributed by atoms with Crippen LogP contribution in [0.2, 0.25) is 10.0 Å². The highest BCUT2D eigenvalue weighted by molar-refractivity contribution is 6.36. The van der Waals surface area contributed by atoms with Crippen molar-refractivity contribution in [1.29, 1.82) is 0 Å². The lowest BCUT2D eigenvalue weighted by atomic mass is 10.0. The molecule has 0 saturated carbocycles. The highest BCUT2D eigenvalue weighted by Crippen LogP contribution is 2.40. The lowest BCUT2D eigenvalue weighted by molar-refractivity contribution is -0.109. The van der Waals surface area contributed by atoms with E-state index in [1.165, 1.54) is 0 Å². The maximum absolute atomic E-state index is 10.8. The van der Waals surface area contributed by atoms with Crippen LogP contribution in [-0.2, 0) is 11.2 Å². The molecule has 0 spiro atoms. The number of fused-ring (bicyclic) bond motifs is 1. The summed E-state index contributed by atoms with van der Waals surface area (Å²) < 4.78 is 6.00. The van der Waals surface area contributed by atoms with Crippen LogP contribution < -0.4 is 9.64 Å². The van der Waals surface area contributed by atoms with Gasteiger partial charge >= 0.3 is 0 Å². The highest BCUT2D eigenvalue weighted by Gasteiger charge is 2.29. The highest BCUT2D eigenvalue weighted by atomic mass is 35.5. The Balaban J connectivity index is 1.98. The lowest BCUT2D eigenvalue weighted by Gasteiger charge is -2.21. The smallest absolute Gasteiger partial charge is 0.222 e. The first-order chi connectivity index (χ1) is 12.0. The van der Waals surface area contributed by atoms with E-state index in [1.807, 2.05) is 26.0 Å². The number of anilines is 2. The number of aromatic nitrogens is 2. The van der Waals surface area contributed by atoms with E-state index in [0.29, 0.717) is 28.2 Å². The molecule has 0 radical (unpaired) electrons. The molecule has 1 aliphatic heterocycles. The van der Waals surface area contributed by atoms with Gasteiger partial charge in [0.25, 0.3) is 0 Å². The summed E-state index contributed by atoms with van der Waals surface area (Å²) in [5.41, 5.74) is 1.80. The molecular formula is C18H19Cl2N3O2. The summed E-state index contributed by atoms with van der Waals surface area (Å²) in [7, 11) is 0. The van der Waals surface area contributed by atoms with E-state index in [9.17, 15) is 4.79 Å². The first kappa shape index (κ1) is 18.0. The minimum atomic E-state index is -0.177. The van der Waals surface area contributed by atoms with Gasteiger partial charge in [0.2, 0.25) is 5.88 Å². The number of aryl methyl sites for hydroxylation is 1. The Bertz CT molecular complexity index is 798. The zero-order valence-corrected chi connectivity index (χ0v) is 15.6. The van der Waals surface area contributed by atoms with E-state index >= 15 is 0 Å². The van der Waals surface area contributed by atoms with Gasteiger partial charge in [-0.1, -0.05) is 30.1 Å². The number of hydrogen-bond acceptors (Lipinski definition) is 5. The van der Waals surface area contributed by atoms with Crippen molar-refractivity contribution in [2.75, 3.05) is 11.4 Å². The third-order valence-corrected chi connectivity index (χ3v) is 4.73. The number of carbonyl (C=O) groups is 1. The van der Waals surface area contributed by atoms with Gasteiger partial charge in [0.1, 0.15) is 24.0 Å². The van der Waals surface area contributed by atoms with Crippen LogP contribution in [0.1, 0.15) is 31.2 Å². The first-order valence-electron chi connectivity index (χ1n) is 8.23. The van der Waals surface area contributed by atoms with Crippen LogP contribution in [0.5, 0.6) is 5.88 Å². The normalized spacial score (nSPS) is 14.3. The summed E-state index contributed by atoms with van der Waals surface area (Å²) in [6.07, 6.45) is 2.54. The minimum Gasteiger partial charge on any atom is -0.474 e. The first-order valence-corrected chi connectivity index (χ1v) is 8.99. The van der Waals surface area contributed by atoms with Gasteiger partial charge in [-0.25, -0.2) is 4.98 Å². The van der Waals surface area contributed by atoms with Crippen molar-refractivity contribution in [3.8, 4) is 5.88 Å². The molecule has 25 heavy (non-hydrogen) atoms. The summed E-state index contributed by atoms with van der Waals surface area (Å²) in [6, 6.07) is 5.42. The molecule has 2 heterocycles. The fourth-order valence-electron chi connectivity index (χ4n) is 2.92. The van der Waals surface area contributed by atoms with Crippen LogP contribution in [0, 0.1) is 6.92 Å². The average Bonchev–Trinajstić information content (AvgIpc) is 2.98. The fraction of sp³-hybridized carbons (Fsp3) is 0.389. The van der Waals surface area contributed by atoms with Crippen molar-refractivity contribution in [1.82, 2.24) is 9.97 Å². The zero-order valence-electron chi connectivity index (χ0n) is 14.1. The molecule has 0 bridgehead atoms. The number of hydrogen-bond donors (Lipinski definition) is 0. The van der Waals surface area contributed by atoms with Gasteiger partial charge in [-0.15, -0.1) is 0 Å². The van der Waals surface area contributed by atoms with Crippen molar-refractivity contribution in [3.05, 3.63) is 39.6 Å². The number of benzene rings is 1. The molecule has 0 amide bonds. The zero-order chi connectivity index (χ0) is 18.0. The minimum absolute atomic E-state index is 0.177. The number of nitrogens with zero attached hydrogens (tertiary/aromatic N) is 3. The Morgan fingerprint density at radius 1 is 1.36 bits per heavy atom. The van der Waals surface area contributed by atoms with Gasteiger partial charge in [0.05, 0.1) is 16.3 Å². The fourth-order valence-corrected chi connectivity index (χ4v) is 3.43. The van der Waals surface area contributed by atoms with Crippen LogP contribution in [-0.4, -0.2) is 28.9 Å².